The van der Waals surface area contributed by atoms with Crippen LogP contribution in [0.25, 0.3) is 11.2 Å². The Balaban J connectivity index is 1.69. The van der Waals surface area contributed by atoms with Gasteiger partial charge in [-0.15, -0.1) is 0 Å². The Kier molecular flexibility index (Phi) is 4.35. The summed E-state index contributed by atoms with van der Waals surface area (Å²) in [4.78, 5) is 9.53. The molecule has 2 saturated heterocycles. The van der Waals surface area contributed by atoms with Gasteiger partial charge in [0.25, 0.3) is 0 Å². The van der Waals surface area contributed by atoms with Crippen LogP contribution in [0.1, 0.15) is 37.4 Å². The minimum absolute atomic E-state index is 0.430. The molecule has 0 spiro atoms. The molecule has 22 heavy (non-hydrogen) atoms. The predicted octanol–water partition coefficient (Wildman–Crippen LogP) is 3.47. The maximum absolute atomic E-state index is 5.70. The molecule has 2 fully saturated rings. The lowest BCUT2D eigenvalue weighted by Gasteiger charge is -2.26. The Morgan fingerprint density at radius 1 is 1.32 bits per heavy atom. The summed E-state index contributed by atoms with van der Waals surface area (Å²) in [5.41, 5.74) is 2.09. The quantitative estimate of drug-likeness (QED) is 0.869. The topological polar surface area (TPSA) is 39.9 Å². The molecule has 2 aromatic heterocycles. The van der Waals surface area contributed by atoms with E-state index >= 15 is 0 Å². The number of imidazole rings is 1. The van der Waals surface area contributed by atoms with Crippen molar-refractivity contribution in [1.29, 1.82) is 0 Å². The van der Waals surface area contributed by atoms with Crippen molar-refractivity contribution in [2.24, 2.45) is 5.92 Å². The van der Waals surface area contributed by atoms with Gasteiger partial charge in [-0.25, -0.2) is 9.97 Å². The molecule has 0 bridgehead atoms. The Bertz CT molecular complexity index is 630. The van der Waals surface area contributed by atoms with E-state index in [1.807, 2.05) is 12.3 Å². The van der Waals surface area contributed by atoms with Crippen LogP contribution in [0.4, 0.5) is 0 Å². The molecule has 5 heteroatoms. The van der Waals surface area contributed by atoms with Gasteiger partial charge in [0.1, 0.15) is 11.3 Å². The van der Waals surface area contributed by atoms with Crippen molar-refractivity contribution < 1.29 is 4.74 Å². The fraction of sp³-hybridized carbons (Fsp3) is 0.647. The first-order chi connectivity index (χ1) is 10.9. The van der Waals surface area contributed by atoms with Gasteiger partial charge in [-0.2, -0.15) is 11.8 Å². The Labute approximate surface area is 135 Å². The summed E-state index contributed by atoms with van der Waals surface area (Å²) >= 11 is 2.09. The second-order valence-electron chi connectivity index (χ2n) is 6.42. The standard InChI is InChI=1S/C17H23N3OS/c1-6-15-17(18-7-1)20(10-13-4-3-9-22-12-13)16(19-15)14-5-2-8-21-11-14/h1,6-7,13-14H,2-5,8-12H2. The monoisotopic (exact) mass is 317 g/mol. The van der Waals surface area contributed by atoms with Crippen molar-refractivity contribution in [1.82, 2.24) is 14.5 Å². The third-order valence-corrected chi connectivity index (χ3v) is 6.04. The van der Waals surface area contributed by atoms with Crippen LogP contribution in [-0.4, -0.2) is 39.3 Å². The smallest absolute Gasteiger partial charge is 0.160 e. The average molecular weight is 317 g/mol. The van der Waals surface area contributed by atoms with Crippen molar-refractivity contribution in [3.8, 4) is 0 Å². The second-order valence-corrected chi connectivity index (χ2v) is 7.57. The van der Waals surface area contributed by atoms with Crippen LogP contribution in [0.5, 0.6) is 0 Å². The summed E-state index contributed by atoms with van der Waals surface area (Å²) in [6.07, 6.45) is 6.89. The molecule has 2 unspecified atom stereocenters. The van der Waals surface area contributed by atoms with E-state index in [1.54, 1.807) is 0 Å². The van der Waals surface area contributed by atoms with Crippen molar-refractivity contribution in [3.05, 3.63) is 24.2 Å². The molecule has 118 valence electrons. The van der Waals surface area contributed by atoms with E-state index in [1.165, 1.54) is 36.6 Å². The van der Waals surface area contributed by atoms with Crippen LogP contribution >= 0.6 is 11.8 Å². The number of thioether (sulfide) groups is 1. The summed E-state index contributed by atoms with van der Waals surface area (Å²) in [6.45, 7) is 2.77. The fourth-order valence-electron chi connectivity index (χ4n) is 3.62. The molecule has 2 atom stereocenters. The first kappa shape index (κ1) is 14.5. The zero-order valence-corrected chi connectivity index (χ0v) is 13.7. The molecule has 2 aromatic rings. The van der Waals surface area contributed by atoms with Crippen LogP contribution in [-0.2, 0) is 11.3 Å². The molecule has 0 aliphatic carbocycles. The highest BCUT2D eigenvalue weighted by Crippen LogP contribution is 2.30. The van der Waals surface area contributed by atoms with Gasteiger partial charge in [0.2, 0.25) is 0 Å². The number of rotatable bonds is 3. The third kappa shape index (κ3) is 2.88. The lowest BCUT2D eigenvalue weighted by Crippen LogP contribution is -2.23. The van der Waals surface area contributed by atoms with Gasteiger partial charge in [0, 0.05) is 25.3 Å². The maximum atomic E-state index is 5.70. The van der Waals surface area contributed by atoms with Gasteiger partial charge in [-0.1, -0.05) is 0 Å². The van der Waals surface area contributed by atoms with Crippen molar-refractivity contribution in [2.75, 3.05) is 24.7 Å². The van der Waals surface area contributed by atoms with Gasteiger partial charge in [0.15, 0.2) is 5.65 Å². The summed E-state index contributed by atoms with van der Waals surface area (Å²) in [5, 5.41) is 0. The van der Waals surface area contributed by atoms with Crippen LogP contribution in [0, 0.1) is 5.92 Å². The van der Waals surface area contributed by atoms with Crippen LogP contribution in [0.3, 0.4) is 0 Å². The molecule has 2 aliphatic rings. The second kappa shape index (κ2) is 6.59. The molecular weight excluding hydrogens is 294 g/mol. The summed E-state index contributed by atoms with van der Waals surface area (Å²) in [7, 11) is 0. The van der Waals surface area contributed by atoms with Gasteiger partial charge < -0.3 is 9.30 Å². The minimum atomic E-state index is 0.430. The van der Waals surface area contributed by atoms with E-state index in [-0.39, 0.29) is 0 Å². The first-order valence-electron chi connectivity index (χ1n) is 8.38. The Morgan fingerprint density at radius 3 is 3.14 bits per heavy atom. The Morgan fingerprint density at radius 2 is 2.32 bits per heavy atom. The maximum Gasteiger partial charge on any atom is 0.160 e. The van der Waals surface area contributed by atoms with Gasteiger partial charge in [0.05, 0.1) is 6.61 Å². The lowest BCUT2D eigenvalue weighted by atomic mass is 10.0. The normalized spacial score (nSPS) is 26.4. The number of fused-ring (bicyclic) bond motifs is 1. The van der Waals surface area contributed by atoms with Crippen molar-refractivity contribution in [3.63, 3.8) is 0 Å². The molecule has 0 saturated carbocycles. The van der Waals surface area contributed by atoms with E-state index in [4.69, 9.17) is 9.72 Å². The highest BCUT2D eigenvalue weighted by Gasteiger charge is 2.25. The number of nitrogens with zero attached hydrogens (tertiary/aromatic N) is 3. The van der Waals surface area contributed by atoms with E-state index in [2.05, 4.69) is 27.4 Å². The highest BCUT2D eigenvalue weighted by molar-refractivity contribution is 7.99. The minimum Gasteiger partial charge on any atom is -0.381 e. The van der Waals surface area contributed by atoms with Crippen LogP contribution in [0.2, 0.25) is 0 Å². The van der Waals surface area contributed by atoms with Crippen molar-refractivity contribution >= 4 is 22.9 Å². The summed E-state index contributed by atoms with van der Waals surface area (Å²) in [5.74, 6) is 4.97. The average Bonchev–Trinajstić information content (AvgIpc) is 2.95. The van der Waals surface area contributed by atoms with Crippen molar-refractivity contribution in [2.45, 2.75) is 38.1 Å². The van der Waals surface area contributed by atoms with Crippen LogP contribution in [0.15, 0.2) is 18.3 Å². The Hall–Kier alpha value is -1.07. The zero-order valence-electron chi connectivity index (χ0n) is 12.9. The number of hydrogen-bond donors (Lipinski definition) is 0. The van der Waals surface area contributed by atoms with Gasteiger partial charge >= 0.3 is 0 Å². The van der Waals surface area contributed by atoms with E-state index in [0.29, 0.717) is 5.92 Å². The molecular formula is C17H23N3OS. The first-order valence-corrected chi connectivity index (χ1v) is 9.54. The van der Waals surface area contributed by atoms with Gasteiger partial charge in [-0.3, -0.25) is 0 Å². The molecule has 4 nitrogen and oxygen atoms in total. The molecule has 0 radical (unpaired) electrons. The zero-order chi connectivity index (χ0) is 14.8. The van der Waals surface area contributed by atoms with E-state index < -0.39 is 0 Å². The third-order valence-electron chi connectivity index (χ3n) is 4.75. The molecule has 0 amide bonds. The number of aromatic nitrogens is 3. The summed E-state index contributed by atoms with van der Waals surface area (Å²) in [6, 6.07) is 4.07. The van der Waals surface area contributed by atoms with Crippen LogP contribution < -0.4 is 0 Å². The summed E-state index contributed by atoms with van der Waals surface area (Å²) < 4.78 is 8.09. The number of ether oxygens (including phenoxy) is 1. The highest BCUT2D eigenvalue weighted by atomic mass is 32.2. The molecule has 0 aromatic carbocycles. The molecule has 2 aliphatic heterocycles. The molecule has 4 heterocycles. The number of pyridine rings is 1. The van der Waals surface area contributed by atoms with E-state index in [9.17, 15) is 0 Å². The van der Waals surface area contributed by atoms with Gasteiger partial charge in [-0.05, 0) is 55.2 Å². The number of hydrogen-bond acceptors (Lipinski definition) is 4. The van der Waals surface area contributed by atoms with E-state index in [0.717, 1.165) is 43.3 Å². The molecule has 0 N–H and O–H groups in total. The fourth-order valence-corrected chi connectivity index (χ4v) is 4.76. The largest absolute Gasteiger partial charge is 0.381 e. The predicted molar refractivity (Wildman–Crippen MR) is 90.4 cm³/mol. The lowest BCUT2D eigenvalue weighted by molar-refractivity contribution is 0.0769. The molecule has 4 rings (SSSR count). The SMILES string of the molecule is c1cnc2c(c1)nc(C1CCCOC1)n2CC1CCCSC1.